The summed E-state index contributed by atoms with van der Waals surface area (Å²) in [5.41, 5.74) is 2.56. The van der Waals surface area contributed by atoms with Gasteiger partial charge in [0.2, 0.25) is 5.91 Å². The molecule has 2 aromatic heterocycles. The molecule has 1 atom stereocenters. The molecule has 1 aromatic carbocycles. The van der Waals surface area contributed by atoms with Gasteiger partial charge in [0.05, 0.1) is 17.5 Å². The molecule has 10 heteroatoms. The second-order valence-corrected chi connectivity index (χ2v) is 8.39. The fraction of sp³-hybridized carbons (Fsp3) is 0.316. The van der Waals surface area contributed by atoms with E-state index in [1.165, 1.54) is 23.1 Å². The average Bonchev–Trinajstić information content (AvgIpc) is 3.25. The number of anilines is 1. The topological polar surface area (TPSA) is 102 Å². The Morgan fingerprint density at radius 1 is 1.21 bits per heavy atom. The molecule has 0 fully saturated rings. The minimum absolute atomic E-state index is 0.158. The van der Waals surface area contributed by atoms with Gasteiger partial charge in [-0.05, 0) is 32.9 Å². The summed E-state index contributed by atoms with van der Waals surface area (Å²) in [6, 6.07) is 7.04. The van der Waals surface area contributed by atoms with Gasteiger partial charge in [0.15, 0.2) is 16.1 Å². The third-order valence-corrected chi connectivity index (χ3v) is 6.01. The summed E-state index contributed by atoms with van der Waals surface area (Å²) in [5, 5.41) is 17.1. The Morgan fingerprint density at radius 3 is 2.59 bits per heavy atom. The molecule has 152 valence electrons. The Balaban J connectivity index is 1.57. The van der Waals surface area contributed by atoms with Crippen molar-refractivity contribution in [3.8, 4) is 0 Å². The van der Waals surface area contributed by atoms with Crippen molar-refractivity contribution >= 4 is 40.0 Å². The van der Waals surface area contributed by atoms with Crippen molar-refractivity contribution in [1.29, 1.82) is 0 Å². The largest absolute Gasteiger partial charge is 0.342 e. The number of nitrogens with zero attached hydrogens (tertiary/aromatic N) is 4. The minimum Gasteiger partial charge on any atom is -0.342 e. The van der Waals surface area contributed by atoms with Crippen LogP contribution in [0.5, 0.6) is 0 Å². The summed E-state index contributed by atoms with van der Waals surface area (Å²) in [6.45, 7) is 5.70. The van der Waals surface area contributed by atoms with E-state index in [2.05, 4.69) is 25.8 Å². The van der Waals surface area contributed by atoms with Crippen LogP contribution >= 0.6 is 23.1 Å². The monoisotopic (exact) mass is 430 g/mol. The maximum atomic E-state index is 12.4. The second-order valence-electron chi connectivity index (χ2n) is 6.59. The van der Waals surface area contributed by atoms with E-state index >= 15 is 0 Å². The van der Waals surface area contributed by atoms with Gasteiger partial charge >= 0.3 is 0 Å². The van der Waals surface area contributed by atoms with E-state index in [-0.39, 0.29) is 23.6 Å². The van der Waals surface area contributed by atoms with Crippen LogP contribution in [0.1, 0.15) is 40.4 Å². The van der Waals surface area contributed by atoms with Gasteiger partial charge in [-0.1, -0.05) is 29.5 Å². The Kier molecular flexibility index (Phi) is 6.65. The molecule has 2 N–H and O–H groups in total. The fourth-order valence-corrected chi connectivity index (χ4v) is 4.00. The predicted octanol–water partition coefficient (Wildman–Crippen LogP) is 3.11. The number of aryl methyl sites for hydroxylation is 2. The number of thioether (sulfide) groups is 1. The molecule has 0 unspecified atom stereocenters. The first-order valence-corrected chi connectivity index (χ1v) is 10.8. The highest BCUT2D eigenvalue weighted by atomic mass is 32.2. The van der Waals surface area contributed by atoms with Gasteiger partial charge in [-0.15, -0.1) is 21.5 Å². The van der Waals surface area contributed by atoms with E-state index in [4.69, 9.17) is 0 Å². The van der Waals surface area contributed by atoms with Crippen molar-refractivity contribution in [3.63, 3.8) is 0 Å². The summed E-state index contributed by atoms with van der Waals surface area (Å²) in [4.78, 5) is 28.7. The number of amides is 2. The molecule has 2 amide bonds. The molecule has 0 aliphatic carbocycles. The lowest BCUT2D eigenvalue weighted by Gasteiger charge is -2.13. The molecular formula is C19H22N6O2S2. The first kappa shape index (κ1) is 21.0. The molecule has 0 aliphatic heterocycles. The van der Waals surface area contributed by atoms with Crippen LogP contribution in [0.25, 0.3) is 0 Å². The Hall–Kier alpha value is -2.72. The zero-order chi connectivity index (χ0) is 21.0. The zero-order valence-corrected chi connectivity index (χ0v) is 18.2. The summed E-state index contributed by atoms with van der Waals surface area (Å²) < 4.78 is 1.78. The number of benzene rings is 1. The van der Waals surface area contributed by atoms with E-state index in [1.54, 1.807) is 16.7 Å². The first-order chi connectivity index (χ1) is 13.8. The summed E-state index contributed by atoms with van der Waals surface area (Å²) in [5.74, 6) is 0.473. The lowest BCUT2D eigenvalue weighted by atomic mass is 10.1. The molecule has 0 spiro atoms. The molecule has 0 saturated heterocycles. The van der Waals surface area contributed by atoms with E-state index in [0.29, 0.717) is 21.7 Å². The smallest absolute Gasteiger partial charge is 0.251 e. The molecule has 0 saturated carbocycles. The van der Waals surface area contributed by atoms with Gasteiger partial charge in [0.25, 0.3) is 5.91 Å². The van der Waals surface area contributed by atoms with Crippen LogP contribution in [0.2, 0.25) is 0 Å². The number of thiazole rings is 1. The second kappa shape index (κ2) is 9.19. The van der Waals surface area contributed by atoms with Gasteiger partial charge in [-0.25, -0.2) is 4.98 Å². The average molecular weight is 431 g/mol. The lowest BCUT2D eigenvalue weighted by Crippen LogP contribution is -2.28. The van der Waals surface area contributed by atoms with Crippen LogP contribution in [0.3, 0.4) is 0 Å². The van der Waals surface area contributed by atoms with Gasteiger partial charge in [-0.3, -0.25) is 9.59 Å². The summed E-state index contributed by atoms with van der Waals surface area (Å²) in [6.07, 6.45) is 0. The molecule has 3 aromatic rings. The van der Waals surface area contributed by atoms with Crippen molar-refractivity contribution in [2.45, 2.75) is 32.0 Å². The SMILES string of the molecule is Cc1ccc(C(=O)N[C@H](C)c2nnc(SCC(=O)Nc3nc(C)cs3)n2C)cc1. The third-order valence-electron chi connectivity index (χ3n) is 4.11. The van der Waals surface area contributed by atoms with E-state index in [1.807, 2.05) is 45.3 Å². The number of rotatable bonds is 7. The van der Waals surface area contributed by atoms with Gasteiger partial charge in [-0.2, -0.15) is 0 Å². The van der Waals surface area contributed by atoms with Crippen molar-refractivity contribution < 1.29 is 9.59 Å². The highest BCUT2D eigenvalue weighted by Gasteiger charge is 2.19. The summed E-state index contributed by atoms with van der Waals surface area (Å²) in [7, 11) is 1.81. The van der Waals surface area contributed by atoms with Crippen LogP contribution in [-0.2, 0) is 11.8 Å². The van der Waals surface area contributed by atoms with E-state index < -0.39 is 0 Å². The van der Waals surface area contributed by atoms with Gasteiger partial charge < -0.3 is 15.2 Å². The van der Waals surface area contributed by atoms with Crippen molar-refractivity contribution in [2.24, 2.45) is 7.05 Å². The molecule has 3 rings (SSSR count). The number of carbonyl (C=O) groups excluding carboxylic acids is 2. The molecule has 0 radical (unpaired) electrons. The molecule has 2 heterocycles. The molecular weight excluding hydrogens is 408 g/mol. The predicted molar refractivity (Wildman–Crippen MR) is 114 cm³/mol. The number of nitrogens with one attached hydrogen (secondary N) is 2. The van der Waals surface area contributed by atoms with Crippen LogP contribution in [-0.4, -0.2) is 37.3 Å². The van der Waals surface area contributed by atoms with Crippen molar-refractivity contribution in [1.82, 2.24) is 25.1 Å². The number of hydrogen-bond acceptors (Lipinski definition) is 7. The normalized spacial score (nSPS) is 11.9. The number of hydrogen-bond donors (Lipinski definition) is 2. The third kappa shape index (κ3) is 5.42. The van der Waals surface area contributed by atoms with Gasteiger partial charge in [0.1, 0.15) is 0 Å². The van der Waals surface area contributed by atoms with Gasteiger partial charge in [0, 0.05) is 18.0 Å². The molecule has 0 bridgehead atoms. The maximum absolute atomic E-state index is 12.4. The summed E-state index contributed by atoms with van der Waals surface area (Å²) >= 11 is 2.67. The molecule has 0 aliphatic rings. The highest BCUT2D eigenvalue weighted by Crippen LogP contribution is 2.20. The first-order valence-electron chi connectivity index (χ1n) is 8.95. The minimum atomic E-state index is -0.331. The molecule has 8 nitrogen and oxygen atoms in total. The Bertz CT molecular complexity index is 1010. The zero-order valence-electron chi connectivity index (χ0n) is 16.6. The van der Waals surface area contributed by atoms with Crippen molar-refractivity contribution in [2.75, 3.05) is 11.1 Å². The number of carbonyl (C=O) groups is 2. The number of aromatic nitrogens is 4. The Morgan fingerprint density at radius 2 is 1.93 bits per heavy atom. The highest BCUT2D eigenvalue weighted by molar-refractivity contribution is 7.99. The quantitative estimate of drug-likeness (QED) is 0.559. The van der Waals surface area contributed by atoms with E-state index in [9.17, 15) is 9.59 Å². The van der Waals surface area contributed by atoms with Crippen molar-refractivity contribution in [3.05, 3.63) is 52.3 Å². The maximum Gasteiger partial charge on any atom is 0.251 e. The lowest BCUT2D eigenvalue weighted by molar-refractivity contribution is -0.113. The van der Waals surface area contributed by atoms with Crippen LogP contribution < -0.4 is 10.6 Å². The van der Waals surface area contributed by atoms with Crippen LogP contribution in [0, 0.1) is 13.8 Å². The Labute approximate surface area is 177 Å². The van der Waals surface area contributed by atoms with Crippen LogP contribution in [0.4, 0.5) is 5.13 Å². The molecule has 29 heavy (non-hydrogen) atoms. The fourth-order valence-electron chi connectivity index (χ4n) is 2.58. The van der Waals surface area contributed by atoms with E-state index in [0.717, 1.165) is 11.3 Å². The van der Waals surface area contributed by atoms with Crippen LogP contribution in [0.15, 0.2) is 34.8 Å². The standard InChI is InChI=1S/C19H22N6O2S2/c1-11-5-7-14(8-6-11)17(27)21-13(3)16-23-24-19(25(16)4)29-10-15(26)22-18-20-12(2)9-28-18/h5-9,13H,10H2,1-4H3,(H,21,27)(H,20,22,26)/t13-/m1/s1.